The van der Waals surface area contributed by atoms with E-state index in [0.29, 0.717) is 0 Å². The van der Waals surface area contributed by atoms with Gasteiger partial charge in [0, 0.05) is 8.41 Å². The summed E-state index contributed by atoms with van der Waals surface area (Å²) in [5.41, 5.74) is 0. The van der Waals surface area contributed by atoms with Crippen LogP contribution in [0.1, 0.15) is 0 Å². The van der Waals surface area contributed by atoms with Crippen molar-refractivity contribution in [2.24, 2.45) is 0 Å². The molecule has 0 fully saturated rings. The molecule has 4 heteroatoms. The maximum Gasteiger partial charge on any atom is 0 e. The van der Waals surface area contributed by atoms with Crippen molar-refractivity contribution in [3.8, 4) is 0 Å². The lowest BCUT2D eigenvalue weighted by Crippen LogP contribution is -1.47. The van der Waals surface area contributed by atoms with Gasteiger partial charge in [-0.15, -0.1) is 50.9 Å². The molecule has 0 spiro atoms. The first-order chi connectivity index (χ1) is 3.00. The first-order valence-corrected chi connectivity index (χ1v) is 2.00. The first kappa shape index (κ1) is 22.4. The average molecular weight is 332 g/mol. The molecule has 10 heavy (non-hydrogen) atoms. The molecule has 0 heterocycles. The standard InChI is InChI=1S/C6H6.B.3BrH/c1-2-4-6-5-3-1;;;;/h1-6H;;3*1H. The molecule has 0 atom stereocenters. The molecule has 1 aromatic carbocycles. The van der Waals surface area contributed by atoms with Gasteiger partial charge in [-0.2, -0.15) is 0 Å². The third-order valence-electron chi connectivity index (χ3n) is 0.667. The first-order valence-electron chi connectivity index (χ1n) is 2.00. The van der Waals surface area contributed by atoms with Crippen LogP contribution in [0.4, 0.5) is 0 Å². The van der Waals surface area contributed by atoms with Gasteiger partial charge in [0.25, 0.3) is 0 Å². The minimum atomic E-state index is 0. The molecule has 0 aliphatic rings. The van der Waals surface area contributed by atoms with Gasteiger partial charge in [0.15, 0.2) is 0 Å². The normalized spacial score (nSPS) is 4.80. The summed E-state index contributed by atoms with van der Waals surface area (Å²) >= 11 is 0. The molecule has 3 radical (unpaired) electrons. The molecule has 0 unspecified atom stereocenters. The highest BCUT2D eigenvalue weighted by atomic mass is 79.9. The molecule has 0 saturated heterocycles. The largest absolute Gasteiger partial charge is 0.114 e. The second kappa shape index (κ2) is 16.4. The van der Waals surface area contributed by atoms with E-state index in [-0.39, 0.29) is 59.4 Å². The maximum atomic E-state index is 2.00. The van der Waals surface area contributed by atoms with E-state index < -0.39 is 0 Å². The molecule has 0 saturated carbocycles. The third kappa shape index (κ3) is 11.5. The van der Waals surface area contributed by atoms with Gasteiger partial charge in [-0.3, -0.25) is 0 Å². The number of benzene rings is 1. The van der Waals surface area contributed by atoms with Crippen molar-refractivity contribution < 1.29 is 0 Å². The number of halogens is 3. The second-order valence-corrected chi connectivity index (χ2v) is 1.15. The molecule has 0 amide bonds. The maximum absolute atomic E-state index is 2.00. The van der Waals surface area contributed by atoms with Crippen LogP contribution in [0, 0.1) is 0 Å². The molecule has 0 aromatic heterocycles. The van der Waals surface area contributed by atoms with Crippen molar-refractivity contribution in [2.75, 3.05) is 0 Å². The predicted molar refractivity (Wildman–Crippen MR) is 63.2 cm³/mol. The minimum Gasteiger partial charge on any atom is -0.114 e. The van der Waals surface area contributed by atoms with E-state index in [4.69, 9.17) is 0 Å². The summed E-state index contributed by atoms with van der Waals surface area (Å²) < 4.78 is 0. The monoisotopic (exact) mass is 329 g/mol. The van der Waals surface area contributed by atoms with E-state index >= 15 is 0 Å². The van der Waals surface area contributed by atoms with Crippen molar-refractivity contribution in [3.05, 3.63) is 36.4 Å². The molecule has 57 valence electrons. The number of hydrogen-bond donors (Lipinski definition) is 0. The Morgan fingerprint density at radius 2 is 0.500 bits per heavy atom. The van der Waals surface area contributed by atoms with Gasteiger partial charge in [-0.25, -0.2) is 0 Å². The lowest BCUT2D eigenvalue weighted by Gasteiger charge is -1.69. The zero-order valence-corrected chi connectivity index (χ0v) is 10.4. The Hall–Kier alpha value is 0.725. The molecule has 1 rings (SSSR count). The lowest BCUT2D eigenvalue weighted by molar-refractivity contribution is 1.72. The van der Waals surface area contributed by atoms with Gasteiger partial charge < -0.3 is 0 Å². The van der Waals surface area contributed by atoms with Gasteiger partial charge >= 0.3 is 0 Å². The number of rotatable bonds is 0. The van der Waals surface area contributed by atoms with Crippen LogP contribution in [0.2, 0.25) is 0 Å². The van der Waals surface area contributed by atoms with Crippen molar-refractivity contribution in [1.29, 1.82) is 0 Å². The van der Waals surface area contributed by atoms with Gasteiger partial charge in [-0.1, -0.05) is 36.4 Å². The van der Waals surface area contributed by atoms with E-state index in [1.165, 1.54) is 0 Å². The fourth-order valence-corrected chi connectivity index (χ4v) is 0.385. The minimum absolute atomic E-state index is 0. The SMILES string of the molecule is Br.Br.Br.[B].c1ccccc1. The van der Waals surface area contributed by atoms with Crippen molar-refractivity contribution >= 4 is 59.4 Å². The van der Waals surface area contributed by atoms with Crippen molar-refractivity contribution in [2.45, 2.75) is 0 Å². The van der Waals surface area contributed by atoms with Gasteiger partial charge in [-0.05, 0) is 0 Å². The smallest absolute Gasteiger partial charge is 0 e. The Bertz CT molecular complexity index is 84.9. The van der Waals surface area contributed by atoms with E-state index in [0.717, 1.165) is 0 Å². The Morgan fingerprint density at radius 1 is 0.400 bits per heavy atom. The van der Waals surface area contributed by atoms with Gasteiger partial charge in [0.1, 0.15) is 0 Å². The fourth-order valence-electron chi connectivity index (χ4n) is 0.385. The third-order valence-corrected chi connectivity index (χ3v) is 0.667. The van der Waals surface area contributed by atoms with Crippen LogP contribution in [0.5, 0.6) is 0 Å². The van der Waals surface area contributed by atoms with Crippen LogP contribution < -0.4 is 0 Å². The molecule has 0 aliphatic heterocycles. The lowest BCUT2D eigenvalue weighted by atomic mass is 10.4. The summed E-state index contributed by atoms with van der Waals surface area (Å²) in [6, 6.07) is 12.0. The summed E-state index contributed by atoms with van der Waals surface area (Å²) in [5, 5.41) is 0. The van der Waals surface area contributed by atoms with Crippen LogP contribution in [0.15, 0.2) is 36.4 Å². The molecule has 1 aromatic rings. The Balaban J connectivity index is -0.0000000450. The molecule has 0 N–H and O–H groups in total. The summed E-state index contributed by atoms with van der Waals surface area (Å²) in [6.07, 6.45) is 0. The van der Waals surface area contributed by atoms with E-state index in [9.17, 15) is 0 Å². The topological polar surface area (TPSA) is 0 Å². The van der Waals surface area contributed by atoms with E-state index in [1.807, 2.05) is 36.4 Å². The summed E-state index contributed by atoms with van der Waals surface area (Å²) in [7, 11) is 0. The zero-order valence-electron chi connectivity index (χ0n) is 5.27. The fraction of sp³-hybridized carbons (Fsp3) is 0. The highest BCUT2D eigenvalue weighted by Crippen LogP contribution is 1.79. The molecular weight excluding hydrogens is 323 g/mol. The predicted octanol–water partition coefficient (Wildman–Crippen LogP) is 3.04. The Morgan fingerprint density at radius 3 is 0.600 bits per heavy atom. The van der Waals surface area contributed by atoms with E-state index in [1.54, 1.807) is 0 Å². The second-order valence-electron chi connectivity index (χ2n) is 1.15. The quantitative estimate of drug-likeness (QED) is 0.641. The summed E-state index contributed by atoms with van der Waals surface area (Å²) in [4.78, 5) is 0. The molecule has 0 aliphatic carbocycles. The van der Waals surface area contributed by atoms with Gasteiger partial charge in [0.05, 0.1) is 0 Å². The highest BCUT2D eigenvalue weighted by Gasteiger charge is 1.57. The van der Waals surface area contributed by atoms with Crippen LogP contribution in [-0.4, -0.2) is 8.41 Å². The Labute approximate surface area is 95.3 Å². The average Bonchev–Trinajstić information content (AvgIpc) is 1.72. The van der Waals surface area contributed by atoms with E-state index in [2.05, 4.69) is 0 Å². The van der Waals surface area contributed by atoms with Crippen LogP contribution in [0.3, 0.4) is 0 Å². The highest BCUT2D eigenvalue weighted by molar-refractivity contribution is 8.93. The van der Waals surface area contributed by atoms with Crippen LogP contribution in [0.25, 0.3) is 0 Å². The molecular formula is C6H9BBr3. The number of hydrogen-bond acceptors (Lipinski definition) is 0. The molecule has 0 nitrogen and oxygen atoms in total. The van der Waals surface area contributed by atoms with Gasteiger partial charge in [0.2, 0.25) is 0 Å². The van der Waals surface area contributed by atoms with Crippen molar-refractivity contribution in [1.82, 2.24) is 0 Å². The zero-order chi connectivity index (χ0) is 4.24. The van der Waals surface area contributed by atoms with Crippen LogP contribution >= 0.6 is 50.9 Å². The van der Waals surface area contributed by atoms with Crippen LogP contribution in [-0.2, 0) is 0 Å². The Kier molecular flexibility index (Phi) is 36.7. The van der Waals surface area contributed by atoms with Crippen molar-refractivity contribution in [3.63, 3.8) is 0 Å². The summed E-state index contributed by atoms with van der Waals surface area (Å²) in [5.74, 6) is 0. The molecule has 0 bridgehead atoms. The summed E-state index contributed by atoms with van der Waals surface area (Å²) in [6.45, 7) is 0.